The minimum absolute atomic E-state index is 0.107. The topological polar surface area (TPSA) is 126 Å². The van der Waals surface area contributed by atoms with Gasteiger partial charge in [-0.25, -0.2) is 8.78 Å². The van der Waals surface area contributed by atoms with Crippen LogP contribution in [0.25, 0.3) is 21.9 Å². The molecular weight excluding hydrogens is 658 g/mol. The third kappa shape index (κ3) is 6.76. The fourth-order valence-corrected chi connectivity index (χ4v) is 7.88. The molecule has 0 aliphatic carbocycles. The first-order valence-electron chi connectivity index (χ1n) is 17.4. The van der Waals surface area contributed by atoms with E-state index in [0.717, 1.165) is 25.7 Å². The van der Waals surface area contributed by atoms with Gasteiger partial charge >= 0.3 is 0 Å². The van der Waals surface area contributed by atoms with Crippen LogP contribution in [0.2, 0.25) is 0 Å². The lowest BCUT2D eigenvalue weighted by atomic mass is 9.78. The van der Waals surface area contributed by atoms with Crippen molar-refractivity contribution in [1.82, 2.24) is 19.8 Å². The highest BCUT2D eigenvalue weighted by Gasteiger charge is 2.34. The maximum absolute atomic E-state index is 15.8. The van der Waals surface area contributed by atoms with Gasteiger partial charge in [0.15, 0.2) is 0 Å². The largest absolute Gasteiger partial charge is 0.496 e. The molecule has 13 heteroatoms. The number of carbonyl (C=O) groups excluding carboxylic acids is 3. The summed E-state index contributed by atoms with van der Waals surface area (Å²) in [7, 11) is 3.04. The number of fused-ring (bicyclic) bond motifs is 1. The van der Waals surface area contributed by atoms with Gasteiger partial charge in [0, 0.05) is 69.5 Å². The number of piperidine rings is 3. The number of likely N-dealkylation sites (tertiary alicyclic amines) is 1. The first-order chi connectivity index (χ1) is 24.6. The van der Waals surface area contributed by atoms with Gasteiger partial charge in [0.2, 0.25) is 11.8 Å². The van der Waals surface area contributed by atoms with Gasteiger partial charge in [-0.3, -0.25) is 29.5 Å². The van der Waals surface area contributed by atoms with E-state index in [1.807, 2.05) is 4.90 Å². The van der Waals surface area contributed by atoms with Gasteiger partial charge in [-0.2, -0.15) is 0 Å². The van der Waals surface area contributed by atoms with Gasteiger partial charge in [-0.1, -0.05) is 0 Å². The van der Waals surface area contributed by atoms with Gasteiger partial charge in [-0.15, -0.1) is 0 Å². The average molecular weight is 699 g/mol. The Kier molecular flexibility index (Phi) is 9.45. The van der Waals surface area contributed by atoms with Crippen LogP contribution in [0.4, 0.5) is 20.2 Å². The quantitative estimate of drug-likeness (QED) is 0.262. The Hall–Kier alpha value is -5.33. The number of ether oxygens (including phenoxy) is 1. The summed E-state index contributed by atoms with van der Waals surface area (Å²) in [5.41, 5.74) is 1.80. The maximum Gasteiger partial charge on any atom is 0.260 e. The van der Waals surface area contributed by atoms with Crippen LogP contribution in [0, 0.1) is 23.5 Å². The molecule has 1 atom stereocenters. The zero-order chi connectivity index (χ0) is 35.8. The molecule has 51 heavy (non-hydrogen) atoms. The number of imide groups is 1. The maximum atomic E-state index is 15.8. The Balaban J connectivity index is 0.964. The first kappa shape index (κ1) is 34.1. The second-order valence-corrected chi connectivity index (χ2v) is 13.7. The summed E-state index contributed by atoms with van der Waals surface area (Å²) in [4.78, 5) is 57.7. The van der Waals surface area contributed by atoms with E-state index in [0.29, 0.717) is 77.7 Å². The molecule has 0 radical (unpaired) electrons. The summed E-state index contributed by atoms with van der Waals surface area (Å²) in [5, 5.41) is 6.37. The third-order valence-electron chi connectivity index (χ3n) is 10.7. The number of aryl methyl sites for hydroxylation is 1. The number of hydrogen-bond donors (Lipinski definition) is 2. The molecule has 11 nitrogen and oxygen atoms in total. The van der Waals surface area contributed by atoms with Gasteiger partial charge in [0.05, 0.1) is 18.2 Å². The molecule has 3 saturated heterocycles. The third-order valence-corrected chi connectivity index (χ3v) is 10.7. The molecule has 7 rings (SSSR count). The zero-order valence-electron chi connectivity index (χ0n) is 28.6. The van der Waals surface area contributed by atoms with Crippen LogP contribution < -0.4 is 25.8 Å². The molecule has 3 aliphatic rings. The monoisotopic (exact) mass is 698 g/mol. The van der Waals surface area contributed by atoms with Crippen LogP contribution >= 0.6 is 0 Å². The normalized spacial score (nSPS) is 18.9. The number of carbonyl (C=O) groups is 3. The highest BCUT2D eigenvalue weighted by molar-refractivity contribution is 6.02. The smallest absolute Gasteiger partial charge is 0.260 e. The molecule has 2 aromatic carbocycles. The fourth-order valence-electron chi connectivity index (χ4n) is 7.88. The van der Waals surface area contributed by atoms with E-state index in [4.69, 9.17) is 4.74 Å². The molecule has 3 aliphatic heterocycles. The van der Waals surface area contributed by atoms with Gasteiger partial charge in [0.25, 0.3) is 11.5 Å². The summed E-state index contributed by atoms with van der Waals surface area (Å²) in [5.74, 6) is -1.19. The molecule has 266 valence electrons. The van der Waals surface area contributed by atoms with Crippen molar-refractivity contribution in [1.29, 1.82) is 0 Å². The van der Waals surface area contributed by atoms with E-state index in [-0.39, 0.29) is 35.0 Å². The molecular formula is C38H40F2N6O5. The fraction of sp³-hybridized carbons (Fsp3) is 0.395. The molecule has 3 amide bonds. The molecule has 0 bridgehead atoms. The first-order valence-corrected chi connectivity index (χ1v) is 17.4. The predicted octanol–water partition coefficient (Wildman–Crippen LogP) is 4.87. The molecule has 0 spiro atoms. The highest BCUT2D eigenvalue weighted by atomic mass is 19.1. The Morgan fingerprint density at radius 1 is 0.922 bits per heavy atom. The van der Waals surface area contributed by atoms with Crippen molar-refractivity contribution in [3.05, 3.63) is 82.5 Å². The van der Waals surface area contributed by atoms with Crippen molar-refractivity contribution < 1.29 is 27.9 Å². The molecule has 2 N–H and O–H groups in total. The summed E-state index contributed by atoms with van der Waals surface area (Å²) < 4.78 is 38.0. The van der Waals surface area contributed by atoms with Crippen molar-refractivity contribution in [2.75, 3.05) is 43.5 Å². The molecule has 0 saturated carbocycles. The minimum Gasteiger partial charge on any atom is -0.496 e. The second kappa shape index (κ2) is 14.1. The second-order valence-electron chi connectivity index (χ2n) is 13.7. The van der Waals surface area contributed by atoms with E-state index in [1.165, 1.54) is 30.0 Å². The summed E-state index contributed by atoms with van der Waals surface area (Å²) in [6.45, 7) is 2.42. The van der Waals surface area contributed by atoms with E-state index < -0.39 is 23.7 Å². The summed E-state index contributed by atoms with van der Waals surface area (Å²) in [6.07, 6.45) is 8.71. The van der Waals surface area contributed by atoms with E-state index in [2.05, 4.69) is 15.6 Å². The Bertz CT molecular complexity index is 2070. The van der Waals surface area contributed by atoms with Crippen LogP contribution in [0.5, 0.6) is 5.75 Å². The number of halogens is 2. The Morgan fingerprint density at radius 3 is 2.33 bits per heavy atom. The number of rotatable bonds is 7. The summed E-state index contributed by atoms with van der Waals surface area (Å²) in [6, 6.07) is 8.98. The van der Waals surface area contributed by atoms with E-state index in [9.17, 15) is 19.2 Å². The lowest BCUT2D eigenvalue weighted by Crippen LogP contribution is -2.47. The average Bonchev–Trinajstić information content (AvgIpc) is 3.14. The zero-order valence-corrected chi connectivity index (χ0v) is 28.6. The standard InChI is InChI=1S/C38H40F2N6O5/c1-44-21-28(26-7-12-41-20-27(26)37(44)49)24-17-30(40)35(33(18-24)51-2)38(50)46-15-10-23(11-16-46)22-8-13-45(14-9-22)32-5-3-25(19-29(32)39)42-31-4-6-34(47)43-36(31)48/h3,5,7,12,17-23,31,42H,4,6,8-11,13-16H2,1-2H3,(H,43,47,48). The lowest BCUT2D eigenvalue weighted by Gasteiger charge is -2.41. The molecule has 5 heterocycles. The SMILES string of the molecule is COc1cc(-c2cn(C)c(=O)c3cnccc23)cc(F)c1C(=O)N1CCC(C2CCN(c3ccc(NC4CCC(=O)NC4=O)cc3F)CC2)CC1. The number of nitrogens with zero attached hydrogens (tertiary/aromatic N) is 4. The van der Waals surface area contributed by atoms with E-state index >= 15 is 8.78 Å². The van der Waals surface area contributed by atoms with Crippen LogP contribution in [-0.2, 0) is 16.6 Å². The van der Waals surface area contributed by atoms with E-state index in [1.54, 1.807) is 48.6 Å². The number of anilines is 2. The summed E-state index contributed by atoms with van der Waals surface area (Å²) >= 11 is 0. The number of nitrogens with one attached hydrogen (secondary N) is 2. The number of amides is 3. The molecule has 4 aromatic rings. The predicted molar refractivity (Wildman–Crippen MR) is 189 cm³/mol. The van der Waals surface area contributed by atoms with Crippen LogP contribution in [0.15, 0.2) is 59.8 Å². The number of benzene rings is 2. The highest BCUT2D eigenvalue weighted by Crippen LogP contribution is 2.37. The van der Waals surface area contributed by atoms with Crippen molar-refractivity contribution in [2.45, 2.75) is 44.6 Å². The molecule has 3 fully saturated rings. The Morgan fingerprint density at radius 2 is 1.65 bits per heavy atom. The van der Waals surface area contributed by atoms with Crippen molar-refractivity contribution in [2.24, 2.45) is 18.9 Å². The molecule has 2 aromatic heterocycles. The van der Waals surface area contributed by atoms with Crippen molar-refractivity contribution >= 4 is 39.9 Å². The number of pyridine rings is 2. The van der Waals surface area contributed by atoms with Crippen molar-refractivity contribution in [3.8, 4) is 16.9 Å². The van der Waals surface area contributed by atoms with Crippen molar-refractivity contribution in [3.63, 3.8) is 0 Å². The Labute approximate surface area is 293 Å². The van der Waals surface area contributed by atoms with Crippen LogP contribution in [0.1, 0.15) is 48.9 Å². The van der Waals surface area contributed by atoms with Crippen LogP contribution in [-0.4, -0.2) is 71.5 Å². The van der Waals surface area contributed by atoms with Gasteiger partial charge in [-0.05, 0) is 91.3 Å². The minimum atomic E-state index is -0.688. The van der Waals surface area contributed by atoms with Gasteiger partial charge < -0.3 is 24.4 Å². The number of aromatic nitrogens is 2. The van der Waals surface area contributed by atoms with Gasteiger partial charge in [0.1, 0.15) is 29.0 Å². The molecule has 1 unspecified atom stereocenters. The van der Waals surface area contributed by atoms with Crippen LogP contribution in [0.3, 0.4) is 0 Å². The number of methoxy groups -OCH3 is 1. The lowest BCUT2D eigenvalue weighted by molar-refractivity contribution is -0.133. The number of hydrogen-bond acceptors (Lipinski definition) is 8.